The molecule has 0 saturated carbocycles. The fraction of sp³-hybridized carbons (Fsp3) is 0.533. The number of benzene rings is 1. The summed E-state index contributed by atoms with van der Waals surface area (Å²) in [6.07, 6.45) is 2.20. The van der Waals surface area contributed by atoms with Crippen molar-refractivity contribution in [2.24, 2.45) is 5.92 Å². The number of carbonyl (C=O) groups excluding carboxylic acids is 1. The van der Waals surface area contributed by atoms with Crippen LogP contribution in [-0.2, 0) is 0 Å². The second-order valence-electron chi connectivity index (χ2n) is 4.98. The van der Waals surface area contributed by atoms with E-state index < -0.39 is 0 Å². The monoisotopic (exact) mass is 341 g/mol. The number of methoxy groups -OCH3 is 2. The number of ether oxygens (including phenoxy) is 2. The predicted octanol–water partition coefficient (Wildman–Crippen LogP) is 2.95. The number of nitrogens with zero attached hydrogens (tertiary/aromatic N) is 1. The molecule has 1 aliphatic heterocycles. The maximum absolute atomic E-state index is 12.5. The number of rotatable bonds is 5. The molecule has 1 saturated heterocycles. The summed E-state index contributed by atoms with van der Waals surface area (Å²) in [4.78, 5) is 14.5. The van der Waals surface area contributed by atoms with Gasteiger partial charge in [0, 0.05) is 30.0 Å². The first-order chi connectivity index (χ1) is 9.67. The lowest BCUT2D eigenvalue weighted by Crippen LogP contribution is -2.28. The van der Waals surface area contributed by atoms with Gasteiger partial charge in [0.05, 0.1) is 14.2 Å². The number of amides is 1. The first-order valence-electron chi connectivity index (χ1n) is 6.76. The lowest BCUT2D eigenvalue weighted by molar-refractivity contribution is 0.0786. The second-order valence-corrected chi connectivity index (χ2v) is 5.78. The Morgan fingerprint density at radius 3 is 2.50 bits per heavy atom. The van der Waals surface area contributed by atoms with E-state index in [4.69, 9.17) is 9.47 Å². The molecule has 20 heavy (non-hydrogen) atoms. The van der Waals surface area contributed by atoms with Gasteiger partial charge in [0.1, 0.15) is 11.5 Å². The lowest BCUT2D eigenvalue weighted by Gasteiger charge is -2.17. The summed E-state index contributed by atoms with van der Waals surface area (Å²) in [5, 5.41) is 0.993. The Balaban J connectivity index is 2.13. The lowest BCUT2D eigenvalue weighted by atomic mass is 10.1. The van der Waals surface area contributed by atoms with Gasteiger partial charge in [-0.25, -0.2) is 0 Å². The number of alkyl halides is 1. The maximum Gasteiger partial charge on any atom is 0.254 e. The van der Waals surface area contributed by atoms with Crippen LogP contribution >= 0.6 is 15.9 Å². The third-order valence-corrected chi connectivity index (χ3v) is 4.15. The van der Waals surface area contributed by atoms with Crippen LogP contribution in [0.2, 0.25) is 0 Å². The number of halogens is 1. The van der Waals surface area contributed by atoms with Crippen molar-refractivity contribution in [3.8, 4) is 11.5 Å². The van der Waals surface area contributed by atoms with Crippen LogP contribution in [0.1, 0.15) is 23.2 Å². The first-order valence-corrected chi connectivity index (χ1v) is 7.88. The molecule has 110 valence electrons. The summed E-state index contributed by atoms with van der Waals surface area (Å²) < 4.78 is 10.4. The standard InChI is InChI=1S/C15H20BrNO3/c1-19-13-7-12(8-14(9-13)20-2)15(18)17-6-4-11(10-17)3-5-16/h7-9,11H,3-6,10H2,1-2H3. The van der Waals surface area contributed by atoms with E-state index in [1.165, 1.54) is 0 Å². The molecule has 1 atom stereocenters. The van der Waals surface area contributed by atoms with E-state index in [0.717, 1.165) is 31.3 Å². The average molecular weight is 342 g/mol. The quantitative estimate of drug-likeness (QED) is 0.773. The van der Waals surface area contributed by atoms with E-state index in [-0.39, 0.29) is 5.91 Å². The van der Waals surface area contributed by atoms with Crippen molar-refractivity contribution in [3.05, 3.63) is 23.8 Å². The van der Waals surface area contributed by atoms with Gasteiger partial charge in [-0.1, -0.05) is 15.9 Å². The molecule has 0 spiro atoms. The Bertz CT molecular complexity index is 456. The second kappa shape index (κ2) is 6.97. The Morgan fingerprint density at radius 1 is 1.30 bits per heavy atom. The van der Waals surface area contributed by atoms with Gasteiger partial charge in [0.25, 0.3) is 5.91 Å². The summed E-state index contributed by atoms with van der Waals surface area (Å²) in [5.41, 5.74) is 0.626. The molecule has 0 aliphatic carbocycles. The summed E-state index contributed by atoms with van der Waals surface area (Å²) in [7, 11) is 3.18. The van der Waals surface area contributed by atoms with Gasteiger partial charge in [-0.05, 0) is 30.9 Å². The zero-order valence-electron chi connectivity index (χ0n) is 11.9. The highest BCUT2D eigenvalue weighted by Crippen LogP contribution is 2.26. The molecule has 1 heterocycles. The van der Waals surface area contributed by atoms with Crippen molar-refractivity contribution < 1.29 is 14.3 Å². The molecule has 1 aromatic rings. The highest BCUT2D eigenvalue weighted by atomic mass is 79.9. The molecule has 2 rings (SSSR count). The molecule has 5 heteroatoms. The molecule has 1 amide bonds. The molecule has 1 aliphatic rings. The van der Waals surface area contributed by atoms with E-state index in [0.29, 0.717) is 23.0 Å². The Labute approximate surface area is 128 Å². The van der Waals surface area contributed by atoms with Crippen LogP contribution in [0.5, 0.6) is 11.5 Å². The van der Waals surface area contributed by atoms with Crippen molar-refractivity contribution in [1.82, 2.24) is 4.90 Å². The molecule has 1 fully saturated rings. The first kappa shape index (κ1) is 15.2. The minimum atomic E-state index is 0.0549. The van der Waals surface area contributed by atoms with Crippen LogP contribution < -0.4 is 9.47 Å². The molecule has 0 radical (unpaired) electrons. The number of likely N-dealkylation sites (tertiary alicyclic amines) is 1. The van der Waals surface area contributed by atoms with Gasteiger partial charge in [-0.15, -0.1) is 0 Å². The van der Waals surface area contributed by atoms with Crippen LogP contribution in [0.25, 0.3) is 0 Å². The van der Waals surface area contributed by atoms with Crippen LogP contribution in [0, 0.1) is 5.92 Å². The molecular weight excluding hydrogens is 322 g/mol. The highest BCUT2D eigenvalue weighted by molar-refractivity contribution is 9.09. The predicted molar refractivity (Wildman–Crippen MR) is 82.0 cm³/mol. The number of hydrogen-bond acceptors (Lipinski definition) is 3. The Hall–Kier alpha value is -1.23. The molecule has 1 aromatic carbocycles. The van der Waals surface area contributed by atoms with Crippen molar-refractivity contribution in [3.63, 3.8) is 0 Å². The molecular formula is C15H20BrNO3. The van der Waals surface area contributed by atoms with Gasteiger partial charge < -0.3 is 14.4 Å². The average Bonchev–Trinajstić information content (AvgIpc) is 2.94. The number of hydrogen-bond donors (Lipinski definition) is 0. The van der Waals surface area contributed by atoms with E-state index in [1.54, 1.807) is 32.4 Å². The van der Waals surface area contributed by atoms with E-state index in [2.05, 4.69) is 15.9 Å². The molecule has 1 unspecified atom stereocenters. The fourth-order valence-electron chi connectivity index (χ4n) is 2.52. The molecule has 0 aromatic heterocycles. The molecule has 0 bridgehead atoms. The van der Waals surface area contributed by atoms with Crippen LogP contribution in [0.15, 0.2) is 18.2 Å². The van der Waals surface area contributed by atoms with Gasteiger partial charge >= 0.3 is 0 Å². The third-order valence-electron chi connectivity index (χ3n) is 3.69. The SMILES string of the molecule is COc1cc(OC)cc(C(=O)N2CCC(CCBr)C2)c1. The van der Waals surface area contributed by atoms with Gasteiger partial charge in [-0.3, -0.25) is 4.79 Å². The minimum Gasteiger partial charge on any atom is -0.497 e. The summed E-state index contributed by atoms with van der Waals surface area (Å²) in [6, 6.07) is 5.31. The Morgan fingerprint density at radius 2 is 1.95 bits per heavy atom. The number of carbonyl (C=O) groups is 1. The van der Waals surface area contributed by atoms with Crippen molar-refractivity contribution in [2.75, 3.05) is 32.6 Å². The van der Waals surface area contributed by atoms with E-state index >= 15 is 0 Å². The largest absolute Gasteiger partial charge is 0.497 e. The van der Waals surface area contributed by atoms with Crippen LogP contribution in [-0.4, -0.2) is 43.4 Å². The topological polar surface area (TPSA) is 38.8 Å². The molecule has 0 N–H and O–H groups in total. The van der Waals surface area contributed by atoms with E-state index in [9.17, 15) is 4.79 Å². The van der Waals surface area contributed by atoms with Gasteiger partial charge in [-0.2, -0.15) is 0 Å². The minimum absolute atomic E-state index is 0.0549. The maximum atomic E-state index is 12.5. The van der Waals surface area contributed by atoms with Crippen molar-refractivity contribution >= 4 is 21.8 Å². The zero-order chi connectivity index (χ0) is 14.5. The smallest absolute Gasteiger partial charge is 0.254 e. The van der Waals surface area contributed by atoms with Crippen molar-refractivity contribution in [1.29, 1.82) is 0 Å². The third kappa shape index (κ3) is 3.45. The van der Waals surface area contributed by atoms with Crippen molar-refractivity contribution in [2.45, 2.75) is 12.8 Å². The zero-order valence-corrected chi connectivity index (χ0v) is 13.5. The van der Waals surface area contributed by atoms with Crippen LogP contribution in [0.4, 0.5) is 0 Å². The summed E-state index contributed by atoms with van der Waals surface area (Å²) >= 11 is 3.46. The van der Waals surface area contributed by atoms with E-state index in [1.807, 2.05) is 4.90 Å². The summed E-state index contributed by atoms with van der Waals surface area (Å²) in [6.45, 7) is 1.67. The fourth-order valence-corrected chi connectivity index (χ4v) is 3.17. The molecule has 4 nitrogen and oxygen atoms in total. The normalized spacial score (nSPS) is 18.1. The summed E-state index contributed by atoms with van der Waals surface area (Å²) in [5.74, 6) is 1.94. The van der Waals surface area contributed by atoms with Gasteiger partial charge in [0.2, 0.25) is 0 Å². The van der Waals surface area contributed by atoms with Crippen LogP contribution in [0.3, 0.4) is 0 Å². The Kier molecular flexibility index (Phi) is 5.29. The van der Waals surface area contributed by atoms with Gasteiger partial charge in [0.15, 0.2) is 0 Å². The highest BCUT2D eigenvalue weighted by Gasteiger charge is 2.26.